The molecule has 0 atom stereocenters. The number of hydrogen-bond donors (Lipinski definition) is 1. The van der Waals surface area contributed by atoms with Gasteiger partial charge in [-0.15, -0.1) is 0 Å². The van der Waals surface area contributed by atoms with Crippen LogP contribution in [0, 0.1) is 6.92 Å². The Hall–Kier alpha value is -0.830. The molecule has 0 saturated heterocycles. The molecular formula is C14H20BrNO. The SMILES string of the molecule is Cc1cc(C(C)(C)C)ccc1CCNC(=O)Br. The maximum Gasteiger partial charge on any atom is 0.287 e. The predicted molar refractivity (Wildman–Crippen MR) is 75.9 cm³/mol. The monoisotopic (exact) mass is 297 g/mol. The quantitative estimate of drug-likeness (QED) is 0.664. The molecule has 0 saturated carbocycles. The van der Waals surface area contributed by atoms with E-state index in [2.05, 4.69) is 67.1 Å². The minimum absolute atomic E-state index is 0.151. The molecule has 3 heteroatoms. The topological polar surface area (TPSA) is 29.1 Å². The molecule has 17 heavy (non-hydrogen) atoms. The van der Waals surface area contributed by atoms with E-state index >= 15 is 0 Å². The van der Waals surface area contributed by atoms with Crippen LogP contribution < -0.4 is 5.32 Å². The zero-order chi connectivity index (χ0) is 13.1. The Morgan fingerprint density at radius 3 is 2.47 bits per heavy atom. The Morgan fingerprint density at radius 1 is 1.35 bits per heavy atom. The molecule has 0 aliphatic heterocycles. The zero-order valence-electron chi connectivity index (χ0n) is 10.9. The van der Waals surface area contributed by atoms with Gasteiger partial charge in [0.05, 0.1) is 0 Å². The van der Waals surface area contributed by atoms with E-state index in [0.717, 1.165) is 6.42 Å². The fraction of sp³-hybridized carbons (Fsp3) is 0.500. The van der Waals surface area contributed by atoms with Gasteiger partial charge >= 0.3 is 0 Å². The van der Waals surface area contributed by atoms with Gasteiger partial charge in [0.15, 0.2) is 0 Å². The molecule has 0 aromatic heterocycles. The van der Waals surface area contributed by atoms with Crippen molar-refractivity contribution >= 4 is 20.7 Å². The number of rotatable bonds is 3. The first-order valence-corrected chi connectivity index (χ1v) is 6.63. The minimum Gasteiger partial charge on any atom is -0.346 e. The third-order valence-electron chi connectivity index (χ3n) is 2.87. The Labute approximate surface area is 112 Å². The first-order chi connectivity index (χ1) is 7.80. The normalized spacial score (nSPS) is 11.4. The first kappa shape index (κ1) is 14.2. The number of amides is 1. The number of aryl methyl sites for hydroxylation is 1. The van der Waals surface area contributed by atoms with Crippen LogP contribution in [0.2, 0.25) is 0 Å². The summed E-state index contributed by atoms with van der Waals surface area (Å²) in [6.45, 7) is 9.44. The number of carbonyl (C=O) groups is 1. The first-order valence-electron chi connectivity index (χ1n) is 5.84. The molecule has 1 amide bonds. The zero-order valence-corrected chi connectivity index (χ0v) is 12.5. The van der Waals surface area contributed by atoms with Gasteiger partial charge in [-0.2, -0.15) is 0 Å². The lowest BCUT2D eigenvalue weighted by molar-refractivity contribution is 0.262. The standard InChI is InChI=1S/C14H20BrNO/c1-10-9-12(14(2,3)4)6-5-11(10)7-8-16-13(15)17/h5-6,9H,7-8H2,1-4H3,(H,16,17). The number of halogens is 1. The van der Waals surface area contributed by atoms with Crippen molar-refractivity contribution in [1.29, 1.82) is 0 Å². The van der Waals surface area contributed by atoms with Gasteiger partial charge in [0, 0.05) is 22.5 Å². The van der Waals surface area contributed by atoms with Crippen molar-refractivity contribution in [2.45, 2.75) is 39.5 Å². The Kier molecular flexibility index (Phi) is 4.75. The maximum atomic E-state index is 10.7. The van der Waals surface area contributed by atoms with Crippen molar-refractivity contribution in [2.24, 2.45) is 0 Å². The van der Waals surface area contributed by atoms with Crippen LogP contribution >= 0.6 is 15.9 Å². The van der Waals surface area contributed by atoms with Gasteiger partial charge in [-0.25, -0.2) is 0 Å². The van der Waals surface area contributed by atoms with Gasteiger partial charge in [-0.3, -0.25) is 4.79 Å². The van der Waals surface area contributed by atoms with E-state index in [-0.39, 0.29) is 10.2 Å². The molecule has 0 bridgehead atoms. The molecule has 1 rings (SSSR count). The summed E-state index contributed by atoms with van der Waals surface area (Å²) in [5.74, 6) is 0. The summed E-state index contributed by atoms with van der Waals surface area (Å²) in [5.41, 5.74) is 4.12. The van der Waals surface area contributed by atoms with E-state index in [1.54, 1.807) is 0 Å². The fourth-order valence-corrected chi connectivity index (χ4v) is 1.94. The van der Waals surface area contributed by atoms with Crippen LogP contribution in [0.15, 0.2) is 18.2 Å². The highest BCUT2D eigenvalue weighted by atomic mass is 79.9. The molecule has 1 aromatic rings. The van der Waals surface area contributed by atoms with Gasteiger partial charge in [-0.1, -0.05) is 39.0 Å². The summed E-state index contributed by atoms with van der Waals surface area (Å²) < 4.78 is 0. The molecule has 0 spiro atoms. The number of benzene rings is 1. The van der Waals surface area contributed by atoms with Crippen molar-refractivity contribution in [1.82, 2.24) is 5.32 Å². The second kappa shape index (κ2) is 5.67. The smallest absolute Gasteiger partial charge is 0.287 e. The highest BCUT2D eigenvalue weighted by Gasteiger charge is 2.14. The molecule has 0 unspecified atom stereocenters. The Bertz CT molecular complexity index is 407. The van der Waals surface area contributed by atoms with E-state index in [1.165, 1.54) is 16.7 Å². The van der Waals surface area contributed by atoms with Crippen molar-refractivity contribution in [3.8, 4) is 0 Å². The van der Waals surface area contributed by atoms with Gasteiger partial charge in [-0.05, 0) is 35.4 Å². The summed E-state index contributed by atoms with van der Waals surface area (Å²) in [4.78, 5) is 10.6. The van der Waals surface area contributed by atoms with Crippen LogP contribution in [-0.4, -0.2) is 11.4 Å². The van der Waals surface area contributed by atoms with Crippen LogP contribution in [0.4, 0.5) is 4.79 Å². The molecule has 94 valence electrons. The van der Waals surface area contributed by atoms with Crippen molar-refractivity contribution in [3.63, 3.8) is 0 Å². The average molecular weight is 298 g/mol. The lowest BCUT2D eigenvalue weighted by atomic mass is 9.85. The highest BCUT2D eigenvalue weighted by molar-refractivity contribution is 9.18. The van der Waals surface area contributed by atoms with E-state index < -0.39 is 0 Å². The molecule has 1 aromatic carbocycles. The molecule has 1 N–H and O–H groups in total. The fourth-order valence-electron chi connectivity index (χ4n) is 1.74. The van der Waals surface area contributed by atoms with Gasteiger partial charge in [0.1, 0.15) is 0 Å². The molecule has 0 heterocycles. The number of nitrogens with one attached hydrogen (secondary N) is 1. The second-order valence-electron chi connectivity index (χ2n) is 5.34. The minimum atomic E-state index is -0.151. The molecule has 0 aliphatic carbocycles. The average Bonchev–Trinajstić information content (AvgIpc) is 2.18. The van der Waals surface area contributed by atoms with Crippen LogP contribution in [0.1, 0.15) is 37.5 Å². The third kappa shape index (κ3) is 4.50. The van der Waals surface area contributed by atoms with Gasteiger partial charge < -0.3 is 5.32 Å². The maximum absolute atomic E-state index is 10.7. The van der Waals surface area contributed by atoms with E-state index in [9.17, 15) is 4.79 Å². The van der Waals surface area contributed by atoms with Crippen molar-refractivity contribution < 1.29 is 4.79 Å². The summed E-state index contributed by atoms with van der Waals surface area (Å²) in [7, 11) is 0. The Morgan fingerprint density at radius 2 is 2.00 bits per heavy atom. The van der Waals surface area contributed by atoms with Crippen LogP contribution in [0.5, 0.6) is 0 Å². The summed E-state index contributed by atoms with van der Waals surface area (Å²) in [6.07, 6.45) is 0.869. The van der Waals surface area contributed by atoms with E-state index in [0.29, 0.717) is 6.54 Å². The Balaban J connectivity index is 2.73. The molecule has 0 radical (unpaired) electrons. The predicted octanol–water partition coefficient (Wildman–Crippen LogP) is 3.94. The van der Waals surface area contributed by atoms with E-state index in [4.69, 9.17) is 0 Å². The summed E-state index contributed by atoms with van der Waals surface area (Å²) in [5, 5.41) is 2.74. The number of carbonyl (C=O) groups excluding carboxylic acids is 1. The molecule has 2 nitrogen and oxygen atoms in total. The van der Waals surface area contributed by atoms with Gasteiger partial charge in [0.25, 0.3) is 4.82 Å². The molecule has 0 aliphatic rings. The van der Waals surface area contributed by atoms with Crippen molar-refractivity contribution in [2.75, 3.05) is 6.54 Å². The van der Waals surface area contributed by atoms with Gasteiger partial charge in [0.2, 0.25) is 0 Å². The lowest BCUT2D eigenvalue weighted by Gasteiger charge is -2.20. The summed E-state index contributed by atoms with van der Waals surface area (Å²) in [6, 6.07) is 6.58. The van der Waals surface area contributed by atoms with E-state index in [1.807, 2.05) is 0 Å². The van der Waals surface area contributed by atoms with Crippen LogP contribution in [0.25, 0.3) is 0 Å². The molecular weight excluding hydrogens is 278 g/mol. The summed E-state index contributed by atoms with van der Waals surface area (Å²) >= 11 is 2.85. The van der Waals surface area contributed by atoms with Crippen molar-refractivity contribution in [3.05, 3.63) is 34.9 Å². The lowest BCUT2D eigenvalue weighted by Crippen LogP contribution is -2.19. The second-order valence-corrected chi connectivity index (χ2v) is 6.06. The largest absolute Gasteiger partial charge is 0.346 e. The third-order valence-corrected chi connectivity index (χ3v) is 3.15. The van der Waals surface area contributed by atoms with Crippen LogP contribution in [0.3, 0.4) is 0 Å². The molecule has 0 fully saturated rings. The number of hydrogen-bond acceptors (Lipinski definition) is 1. The highest BCUT2D eigenvalue weighted by Crippen LogP contribution is 2.24. The van der Waals surface area contributed by atoms with Crippen LogP contribution in [-0.2, 0) is 11.8 Å².